The van der Waals surface area contributed by atoms with Gasteiger partial charge in [0.1, 0.15) is 11.6 Å². The lowest BCUT2D eigenvalue weighted by Gasteiger charge is -2.35. The second-order valence-corrected chi connectivity index (χ2v) is 7.65. The molecular formula is C21H19ClF2N2O2. The number of imide groups is 1. The lowest BCUT2D eigenvalue weighted by Crippen LogP contribution is -2.45. The first-order chi connectivity index (χ1) is 13.4. The third-order valence-electron chi connectivity index (χ3n) is 5.60. The molecule has 0 N–H and O–H groups in total. The molecule has 146 valence electrons. The maximum absolute atomic E-state index is 13.4. The van der Waals surface area contributed by atoms with Crippen molar-refractivity contribution < 1.29 is 18.4 Å². The molecule has 0 radical (unpaired) electrons. The molecule has 7 heteroatoms. The molecule has 0 unspecified atom stereocenters. The van der Waals surface area contributed by atoms with E-state index < -0.39 is 11.9 Å². The second kappa shape index (κ2) is 7.60. The number of amides is 2. The van der Waals surface area contributed by atoms with Gasteiger partial charge in [-0.2, -0.15) is 0 Å². The Hall–Kier alpha value is -2.31. The van der Waals surface area contributed by atoms with E-state index in [2.05, 4.69) is 0 Å². The van der Waals surface area contributed by atoms with Crippen LogP contribution in [0.1, 0.15) is 30.7 Å². The predicted molar refractivity (Wildman–Crippen MR) is 102 cm³/mol. The van der Waals surface area contributed by atoms with E-state index in [4.69, 9.17) is 11.6 Å². The zero-order valence-corrected chi connectivity index (χ0v) is 15.8. The highest BCUT2D eigenvalue weighted by atomic mass is 35.5. The molecular weight excluding hydrogens is 386 g/mol. The molecule has 2 aromatic rings. The Kier molecular flexibility index (Phi) is 5.17. The van der Waals surface area contributed by atoms with Gasteiger partial charge < -0.3 is 0 Å². The average Bonchev–Trinajstić information content (AvgIpc) is 2.99. The predicted octanol–water partition coefficient (Wildman–Crippen LogP) is 4.13. The van der Waals surface area contributed by atoms with E-state index in [-0.39, 0.29) is 29.1 Å². The summed E-state index contributed by atoms with van der Waals surface area (Å²) >= 11 is 5.80. The molecule has 0 saturated carbocycles. The smallest absolute Gasteiger partial charge is 0.251 e. The van der Waals surface area contributed by atoms with Crippen molar-refractivity contribution in [1.82, 2.24) is 4.90 Å². The zero-order valence-electron chi connectivity index (χ0n) is 15.1. The third-order valence-corrected chi connectivity index (χ3v) is 5.89. The summed E-state index contributed by atoms with van der Waals surface area (Å²) in [6.45, 7) is 1.37. The SMILES string of the molecule is O=C1C[C@@H](N2CCC(c3ccc(F)cc3)CC2)C(=O)N1c1ccc(F)c(Cl)c1. The first-order valence-corrected chi connectivity index (χ1v) is 9.63. The molecule has 2 aliphatic rings. The van der Waals surface area contributed by atoms with E-state index in [9.17, 15) is 18.4 Å². The van der Waals surface area contributed by atoms with Crippen LogP contribution < -0.4 is 4.90 Å². The minimum absolute atomic E-state index is 0.106. The van der Waals surface area contributed by atoms with E-state index in [0.717, 1.165) is 29.4 Å². The van der Waals surface area contributed by atoms with Crippen LogP contribution in [-0.4, -0.2) is 35.8 Å². The number of benzene rings is 2. The molecule has 0 bridgehead atoms. The van der Waals surface area contributed by atoms with Crippen LogP contribution in [0, 0.1) is 11.6 Å². The molecule has 2 heterocycles. The van der Waals surface area contributed by atoms with Crippen molar-refractivity contribution in [3.05, 3.63) is 64.7 Å². The Bertz CT molecular complexity index is 911. The molecule has 28 heavy (non-hydrogen) atoms. The minimum Gasteiger partial charge on any atom is -0.291 e. The van der Waals surface area contributed by atoms with Crippen molar-refractivity contribution in [2.45, 2.75) is 31.2 Å². The van der Waals surface area contributed by atoms with Crippen LogP contribution in [0.2, 0.25) is 5.02 Å². The molecule has 2 fully saturated rings. The molecule has 4 nitrogen and oxygen atoms in total. The van der Waals surface area contributed by atoms with Gasteiger partial charge in [0.15, 0.2) is 0 Å². The van der Waals surface area contributed by atoms with Crippen LogP contribution in [0.5, 0.6) is 0 Å². The summed E-state index contributed by atoms with van der Waals surface area (Å²) in [5.74, 6) is -1.14. The Morgan fingerprint density at radius 3 is 2.29 bits per heavy atom. The van der Waals surface area contributed by atoms with Crippen molar-refractivity contribution in [1.29, 1.82) is 0 Å². The Morgan fingerprint density at radius 1 is 0.964 bits per heavy atom. The van der Waals surface area contributed by atoms with E-state index in [0.29, 0.717) is 24.7 Å². The lowest BCUT2D eigenvalue weighted by atomic mass is 9.89. The van der Waals surface area contributed by atoms with Gasteiger partial charge in [-0.05, 0) is 67.7 Å². The fourth-order valence-corrected chi connectivity index (χ4v) is 4.25. The number of likely N-dealkylation sites (tertiary alicyclic amines) is 1. The third kappa shape index (κ3) is 3.54. The van der Waals surface area contributed by atoms with Gasteiger partial charge in [0.2, 0.25) is 5.91 Å². The molecule has 0 spiro atoms. The summed E-state index contributed by atoms with van der Waals surface area (Å²) < 4.78 is 26.5. The fourth-order valence-electron chi connectivity index (χ4n) is 4.08. The summed E-state index contributed by atoms with van der Waals surface area (Å²) in [5.41, 5.74) is 1.39. The highest BCUT2D eigenvalue weighted by Crippen LogP contribution is 2.33. The van der Waals surface area contributed by atoms with Crippen molar-refractivity contribution in [3.8, 4) is 0 Å². The first kappa shape index (κ1) is 19.0. The first-order valence-electron chi connectivity index (χ1n) is 9.25. The quantitative estimate of drug-likeness (QED) is 0.722. The summed E-state index contributed by atoms with van der Waals surface area (Å²) in [6.07, 6.45) is 1.78. The van der Waals surface area contributed by atoms with Crippen LogP contribution in [-0.2, 0) is 9.59 Å². The van der Waals surface area contributed by atoms with Crippen molar-refractivity contribution in [2.75, 3.05) is 18.0 Å². The molecule has 0 aliphatic carbocycles. The van der Waals surface area contributed by atoms with E-state index in [1.165, 1.54) is 24.3 Å². The van der Waals surface area contributed by atoms with Crippen molar-refractivity contribution in [2.24, 2.45) is 0 Å². The maximum atomic E-state index is 13.4. The molecule has 2 amide bonds. The highest BCUT2D eigenvalue weighted by molar-refractivity contribution is 6.31. The molecule has 2 saturated heterocycles. The monoisotopic (exact) mass is 404 g/mol. The number of rotatable bonds is 3. The number of hydrogen-bond acceptors (Lipinski definition) is 3. The van der Waals surface area contributed by atoms with Gasteiger partial charge in [0.25, 0.3) is 5.91 Å². The maximum Gasteiger partial charge on any atom is 0.251 e. The fraction of sp³-hybridized carbons (Fsp3) is 0.333. The van der Waals surface area contributed by atoms with E-state index >= 15 is 0 Å². The van der Waals surface area contributed by atoms with Crippen LogP contribution >= 0.6 is 11.6 Å². The molecule has 2 aromatic carbocycles. The molecule has 2 aliphatic heterocycles. The number of nitrogens with zero attached hydrogens (tertiary/aromatic N) is 2. The molecule has 0 aromatic heterocycles. The Morgan fingerprint density at radius 2 is 1.64 bits per heavy atom. The number of halogens is 3. The number of carbonyl (C=O) groups is 2. The van der Waals surface area contributed by atoms with Crippen LogP contribution in [0.3, 0.4) is 0 Å². The summed E-state index contributed by atoms with van der Waals surface area (Å²) in [4.78, 5) is 28.5. The van der Waals surface area contributed by atoms with Crippen LogP contribution in [0.4, 0.5) is 14.5 Å². The lowest BCUT2D eigenvalue weighted by molar-refractivity contribution is -0.123. The zero-order chi connectivity index (χ0) is 19.8. The van der Waals surface area contributed by atoms with E-state index in [1.54, 1.807) is 12.1 Å². The van der Waals surface area contributed by atoms with Crippen molar-refractivity contribution in [3.63, 3.8) is 0 Å². The summed E-state index contributed by atoms with van der Waals surface area (Å²) in [6, 6.07) is 9.87. The Balaban J connectivity index is 1.44. The normalized spacial score (nSPS) is 21.5. The largest absolute Gasteiger partial charge is 0.291 e. The van der Waals surface area contributed by atoms with Crippen LogP contribution in [0.25, 0.3) is 0 Å². The molecule has 1 atom stereocenters. The standard InChI is InChI=1S/C21H19ClF2N2O2/c22-17-11-16(5-6-18(17)24)26-20(27)12-19(21(26)28)25-9-7-14(8-10-25)13-1-3-15(23)4-2-13/h1-6,11,14,19H,7-10,12H2/t19-/m1/s1. The van der Waals surface area contributed by atoms with Gasteiger partial charge in [0, 0.05) is 0 Å². The van der Waals surface area contributed by atoms with Gasteiger partial charge in [-0.1, -0.05) is 23.7 Å². The average molecular weight is 405 g/mol. The summed E-state index contributed by atoms with van der Waals surface area (Å²) in [7, 11) is 0. The number of anilines is 1. The van der Waals surface area contributed by atoms with Crippen LogP contribution in [0.15, 0.2) is 42.5 Å². The number of carbonyl (C=O) groups excluding carboxylic acids is 2. The minimum atomic E-state index is -0.594. The molecule has 4 rings (SSSR count). The number of piperidine rings is 1. The second-order valence-electron chi connectivity index (χ2n) is 7.25. The number of hydrogen-bond donors (Lipinski definition) is 0. The Labute approximate surface area is 166 Å². The van der Waals surface area contributed by atoms with Gasteiger partial charge in [-0.15, -0.1) is 0 Å². The van der Waals surface area contributed by atoms with Gasteiger partial charge >= 0.3 is 0 Å². The van der Waals surface area contributed by atoms with E-state index in [1.807, 2.05) is 4.90 Å². The highest BCUT2D eigenvalue weighted by Gasteiger charge is 2.43. The van der Waals surface area contributed by atoms with Gasteiger partial charge in [-0.3, -0.25) is 14.5 Å². The van der Waals surface area contributed by atoms with Crippen molar-refractivity contribution >= 4 is 29.1 Å². The topological polar surface area (TPSA) is 40.6 Å². The summed E-state index contributed by atoms with van der Waals surface area (Å²) in [5, 5.41) is -0.123. The van der Waals surface area contributed by atoms with Gasteiger partial charge in [-0.25, -0.2) is 13.7 Å². The van der Waals surface area contributed by atoms with Gasteiger partial charge in [0.05, 0.1) is 23.2 Å².